The smallest absolute Gasteiger partial charge is 0.338 e. The normalized spacial score (nSPS) is 15.6. The van der Waals surface area contributed by atoms with Gasteiger partial charge < -0.3 is 19.5 Å². The number of piperidine rings is 1. The van der Waals surface area contributed by atoms with Crippen molar-refractivity contribution >= 4 is 27.6 Å². The van der Waals surface area contributed by atoms with E-state index in [0.717, 1.165) is 49.3 Å². The largest absolute Gasteiger partial charge is 0.497 e. The maximum absolute atomic E-state index is 12.0. The lowest BCUT2D eigenvalue weighted by atomic mass is 10.0. The van der Waals surface area contributed by atoms with E-state index in [1.807, 2.05) is 12.3 Å². The number of methoxy groups -OCH3 is 1. The summed E-state index contributed by atoms with van der Waals surface area (Å²) in [6.45, 7) is 3.00. The van der Waals surface area contributed by atoms with Crippen LogP contribution in [0.2, 0.25) is 0 Å². The quantitative estimate of drug-likeness (QED) is 0.485. The van der Waals surface area contributed by atoms with E-state index in [0.29, 0.717) is 11.6 Å². The molecule has 154 valence electrons. The maximum atomic E-state index is 12.0. The van der Waals surface area contributed by atoms with Crippen LogP contribution in [0.5, 0.6) is 5.75 Å². The van der Waals surface area contributed by atoms with E-state index in [-0.39, 0.29) is 5.63 Å². The van der Waals surface area contributed by atoms with Gasteiger partial charge in [-0.1, -0.05) is 6.07 Å². The second kappa shape index (κ2) is 7.88. The van der Waals surface area contributed by atoms with Gasteiger partial charge in [-0.2, -0.15) is 0 Å². The number of benzene rings is 2. The third-order valence-electron chi connectivity index (χ3n) is 5.92. The lowest BCUT2D eigenvalue weighted by molar-refractivity contribution is 0.211. The number of H-pyrrole nitrogens is 1. The van der Waals surface area contributed by atoms with Crippen molar-refractivity contribution in [1.82, 2.24) is 9.88 Å². The second-order valence-electron chi connectivity index (χ2n) is 7.94. The summed E-state index contributed by atoms with van der Waals surface area (Å²) in [6.07, 6.45) is 4.03. The predicted molar refractivity (Wildman–Crippen MR) is 119 cm³/mol. The molecule has 6 heteroatoms. The number of fused-ring (bicyclic) bond motifs is 2. The first-order valence-electron chi connectivity index (χ1n) is 10.3. The summed E-state index contributed by atoms with van der Waals surface area (Å²) in [5.74, 6) is 0.744. The lowest BCUT2D eigenvalue weighted by Crippen LogP contribution is -2.38. The van der Waals surface area contributed by atoms with Crippen LogP contribution in [0.25, 0.3) is 21.9 Å². The monoisotopic (exact) mass is 403 g/mol. The third kappa shape index (κ3) is 3.78. The first-order valence-corrected chi connectivity index (χ1v) is 10.3. The topological polar surface area (TPSA) is 70.5 Å². The Morgan fingerprint density at radius 1 is 1.13 bits per heavy atom. The van der Waals surface area contributed by atoms with E-state index in [2.05, 4.69) is 39.5 Å². The highest BCUT2D eigenvalue weighted by Gasteiger charge is 2.20. The molecular weight excluding hydrogens is 378 g/mol. The maximum Gasteiger partial charge on any atom is 0.338 e. The van der Waals surface area contributed by atoms with E-state index in [1.54, 1.807) is 25.3 Å². The molecule has 0 amide bonds. The van der Waals surface area contributed by atoms with Crippen LogP contribution in [-0.2, 0) is 6.54 Å². The van der Waals surface area contributed by atoms with Gasteiger partial charge in [0.1, 0.15) is 11.3 Å². The molecule has 3 heterocycles. The Labute approximate surface area is 174 Å². The summed E-state index contributed by atoms with van der Waals surface area (Å²) in [6, 6.07) is 16.1. The van der Waals surface area contributed by atoms with Gasteiger partial charge in [-0.3, -0.25) is 4.90 Å². The molecule has 0 radical (unpaired) electrons. The number of rotatable bonds is 5. The molecule has 1 aliphatic heterocycles. The molecule has 0 bridgehead atoms. The summed E-state index contributed by atoms with van der Waals surface area (Å²) in [5, 5.41) is 5.70. The fourth-order valence-corrected chi connectivity index (χ4v) is 4.30. The molecule has 5 rings (SSSR count). The SMILES string of the molecule is COc1ccc2oc(=O)cc(NC3CCN(Cc4ccc5[nH]ccc5c4)CC3)c2c1. The van der Waals surface area contributed by atoms with Gasteiger partial charge in [-0.05, 0) is 60.2 Å². The van der Waals surface area contributed by atoms with Crippen molar-refractivity contribution in [3.8, 4) is 5.75 Å². The number of hydrogen-bond acceptors (Lipinski definition) is 5. The molecule has 2 aromatic carbocycles. The van der Waals surface area contributed by atoms with Crippen molar-refractivity contribution in [2.75, 3.05) is 25.5 Å². The average molecular weight is 403 g/mol. The Hall–Kier alpha value is -3.25. The van der Waals surface area contributed by atoms with Crippen molar-refractivity contribution in [2.45, 2.75) is 25.4 Å². The van der Waals surface area contributed by atoms with Gasteiger partial charge in [-0.15, -0.1) is 0 Å². The van der Waals surface area contributed by atoms with Gasteiger partial charge in [0.15, 0.2) is 0 Å². The highest BCUT2D eigenvalue weighted by Crippen LogP contribution is 2.28. The molecule has 30 heavy (non-hydrogen) atoms. The number of ether oxygens (including phenoxy) is 1. The molecule has 0 spiro atoms. The van der Waals surface area contributed by atoms with Gasteiger partial charge in [-0.25, -0.2) is 4.79 Å². The molecule has 6 nitrogen and oxygen atoms in total. The molecule has 0 saturated carbocycles. The number of hydrogen-bond donors (Lipinski definition) is 2. The van der Waals surface area contributed by atoms with E-state index in [4.69, 9.17) is 9.15 Å². The van der Waals surface area contributed by atoms with Crippen LogP contribution in [0, 0.1) is 0 Å². The molecule has 2 N–H and O–H groups in total. The molecule has 1 aliphatic rings. The standard InChI is InChI=1S/C24H25N3O3/c1-29-19-3-5-23-20(13-19)22(14-24(28)30-23)26-18-7-10-27(11-8-18)15-16-2-4-21-17(12-16)6-9-25-21/h2-6,9,12-14,18,25-26H,7-8,10-11,15H2,1H3. The van der Waals surface area contributed by atoms with E-state index < -0.39 is 0 Å². The molecule has 1 fully saturated rings. The average Bonchev–Trinajstić information content (AvgIpc) is 3.23. The zero-order chi connectivity index (χ0) is 20.5. The second-order valence-corrected chi connectivity index (χ2v) is 7.94. The van der Waals surface area contributed by atoms with Crippen molar-refractivity contribution in [3.05, 3.63) is 70.7 Å². The number of nitrogens with one attached hydrogen (secondary N) is 2. The Kier molecular flexibility index (Phi) is 4.93. The van der Waals surface area contributed by atoms with Crippen LogP contribution in [0.3, 0.4) is 0 Å². The van der Waals surface area contributed by atoms with Crippen molar-refractivity contribution in [2.24, 2.45) is 0 Å². The molecule has 0 unspecified atom stereocenters. The Morgan fingerprint density at radius 2 is 2.00 bits per heavy atom. The minimum Gasteiger partial charge on any atom is -0.497 e. The molecule has 4 aromatic rings. The van der Waals surface area contributed by atoms with E-state index >= 15 is 0 Å². The first kappa shape index (κ1) is 18.8. The van der Waals surface area contributed by atoms with Gasteiger partial charge >= 0.3 is 5.63 Å². The Morgan fingerprint density at radius 3 is 2.83 bits per heavy atom. The first-order chi connectivity index (χ1) is 14.7. The third-order valence-corrected chi connectivity index (χ3v) is 5.92. The van der Waals surface area contributed by atoms with E-state index in [9.17, 15) is 4.79 Å². The van der Waals surface area contributed by atoms with Gasteiger partial charge in [0, 0.05) is 48.8 Å². The number of likely N-dealkylation sites (tertiary alicyclic amines) is 1. The zero-order valence-corrected chi connectivity index (χ0v) is 17.0. The predicted octanol–water partition coefficient (Wildman–Crippen LogP) is 4.36. The van der Waals surface area contributed by atoms with Crippen LogP contribution in [-0.4, -0.2) is 36.1 Å². The Bertz CT molecular complexity index is 1240. The molecule has 0 atom stereocenters. The van der Waals surface area contributed by atoms with Gasteiger partial charge in [0.2, 0.25) is 0 Å². The summed E-state index contributed by atoms with van der Waals surface area (Å²) in [4.78, 5) is 17.7. The summed E-state index contributed by atoms with van der Waals surface area (Å²) >= 11 is 0. The van der Waals surface area contributed by atoms with Crippen LogP contribution < -0.4 is 15.7 Å². The molecule has 1 saturated heterocycles. The number of anilines is 1. The Balaban J connectivity index is 1.26. The van der Waals surface area contributed by atoms with Crippen molar-refractivity contribution in [3.63, 3.8) is 0 Å². The van der Waals surface area contributed by atoms with Crippen LogP contribution in [0.15, 0.2) is 63.9 Å². The zero-order valence-electron chi connectivity index (χ0n) is 17.0. The van der Waals surface area contributed by atoms with Crippen LogP contribution >= 0.6 is 0 Å². The minimum atomic E-state index is -0.340. The number of nitrogens with zero attached hydrogens (tertiary/aromatic N) is 1. The highest BCUT2D eigenvalue weighted by atomic mass is 16.5. The minimum absolute atomic E-state index is 0.324. The van der Waals surface area contributed by atoms with Gasteiger partial charge in [0.25, 0.3) is 0 Å². The fraction of sp³-hybridized carbons (Fsp3) is 0.292. The van der Waals surface area contributed by atoms with Crippen molar-refractivity contribution in [1.29, 1.82) is 0 Å². The summed E-state index contributed by atoms with van der Waals surface area (Å²) in [5.41, 5.74) is 3.57. The molecule has 0 aliphatic carbocycles. The van der Waals surface area contributed by atoms with Crippen LogP contribution in [0.4, 0.5) is 5.69 Å². The molecule has 2 aromatic heterocycles. The highest BCUT2D eigenvalue weighted by molar-refractivity contribution is 5.90. The van der Waals surface area contributed by atoms with E-state index in [1.165, 1.54) is 16.5 Å². The summed E-state index contributed by atoms with van der Waals surface area (Å²) < 4.78 is 10.7. The number of aromatic amines is 1. The van der Waals surface area contributed by atoms with Gasteiger partial charge in [0.05, 0.1) is 12.8 Å². The fourth-order valence-electron chi connectivity index (χ4n) is 4.30. The number of aromatic nitrogens is 1. The molecular formula is C24H25N3O3. The van der Waals surface area contributed by atoms with Crippen LogP contribution in [0.1, 0.15) is 18.4 Å². The van der Waals surface area contributed by atoms with Crippen molar-refractivity contribution < 1.29 is 9.15 Å². The lowest BCUT2D eigenvalue weighted by Gasteiger charge is -2.33. The summed E-state index contributed by atoms with van der Waals surface area (Å²) in [7, 11) is 1.64.